The third-order valence-electron chi connectivity index (χ3n) is 8.22. The fourth-order valence-corrected chi connectivity index (χ4v) is 6.23. The molecule has 0 bridgehead atoms. The minimum absolute atomic E-state index is 0.198. The number of thiol groups is 1. The van der Waals surface area contributed by atoms with Gasteiger partial charge >= 0.3 is 0 Å². The molecule has 0 fully saturated rings. The lowest BCUT2D eigenvalue weighted by Gasteiger charge is -2.31. The van der Waals surface area contributed by atoms with Crippen LogP contribution in [0.4, 0.5) is 0 Å². The average Bonchev–Trinajstić information content (AvgIpc) is 3.40. The molecule has 0 amide bonds. The second-order valence-electron chi connectivity index (χ2n) is 11.9. The zero-order valence-corrected chi connectivity index (χ0v) is 25.0. The molecule has 1 aliphatic carbocycles. The Hall–Kier alpha value is -3.43. The minimum atomic E-state index is 0.198. The van der Waals surface area contributed by atoms with Crippen molar-refractivity contribution in [2.24, 2.45) is 11.3 Å². The lowest BCUT2D eigenvalue weighted by Crippen LogP contribution is -2.20. The maximum absolute atomic E-state index is 4.76. The van der Waals surface area contributed by atoms with Crippen molar-refractivity contribution in [2.75, 3.05) is 7.05 Å². The molecular formula is C36H40N2S. The number of allylic oxidation sites excluding steroid dienone is 8. The molecule has 3 heteroatoms. The molecule has 39 heavy (non-hydrogen) atoms. The average molecular weight is 533 g/mol. The standard InChI is InChI=1S/C36H40N2S/c1-23(21-37-7)12-10-13-26-20-30-33(18-24(26)2)38-32-17-9-8-16-29(32)31(22-39)35(38)34(30)25(3)27-14-11-15-28(19-27)36(4,5)6/h8-12,14-18,20-22,28,37,39H,3,13,19H2,1-2,4-7H3/b12-10-,23-21-,31-22-. The molecule has 0 saturated heterocycles. The summed E-state index contributed by atoms with van der Waals surface area (Å²) in [6, 6.07) is 13.4. The van der Waals surface area contributed by atoms with Crippen molar-refractivity contribution in [3.63, 3.8) is 0 Å². The van der Waals surface area contributed by atoms with E-state index in [9.17, 15) is 0 Å². The smallest absolute Gasteiger partial charge is 0.0631 e. The van der Waals surface area contributed by atoms with Gasteiger partial charge in [-0.1, -0.05) is 75.9 Å². The Morgan fingerprint density at radius 1 is 1.15 bits per heavy atom. The molecule has 0 saturated carbocycles. The Balaban J connectivity index is 1.76. The number of nitrogens with one attached hydrogen (secondary N) is 1. The molecular weight excluding hydrogens is 492 g/mol. The lowest BCUT2D eigenvalue weighted by atomic mass is 9.74. The predicted octanol–water partition coefficient (Wildman–Crippen LogP) is 8.72. The van der Waals surface area contributed by atoms with Crippen molar-refractivity contribution >= 4 is 50.9 Å². The zero-order chi connectivity index (χ0) is 27.9. The van der Waals surface area contributed by atoms with Crippen LogP contribution >= 0.6 is 12.6 Å². The van der Waals surface area contributed by atoms with Gasteiger partial charge in [0.15, 0.2) is 0 Å². The summed E-state index contributed by atoms with van der Waals surface area (Å²) in [5, 5.41) is 8.72. The first-order chi connectivity index (χ1) is 18.7. The maximum Gasteiger partial charge on any atom is 0.0631 e. The van der Waals surface area contributed by atoms with E-state index in [0.29, 0.717) is 5.92 Å². The number of aromatic nitrogens is 1. The van der Waals surface area contributed by atoms with E-state index in [1.54, 1.807) is 0 Å². The summed E-state index contributed by atoms with van der Waals surface area (Å²) in [5.41, 5.74) is 11.3. The highest BCUT2D eigenvalue weighted by atomic mass is 32.1. The topological polar surface area (TPSA) is 16.4 Å². The van der Waals surface area contributed by atoms with Gasteiger partial charge in [0, 0.05) is 28.6 Å². The molecule has 4 aromatic rings. The van der Waals surface area contributed by atoms with E-state index in [0.717, 1.165) is 23.6 Å². The van der Waals surface area contributed by atoms with Gasteiger partial charge in [0.25, 0.3) is 0 Å². The van der Waals surface area contributed by atoms with Crippen molar-refractivity contribution < 1.29 is 0 Å². The molecule has 2 heterocycles. The van der Waals surface area contributed by atoms with E-state index in [4.69, 9.17) is 19.2 Å². The molecule has 1 N–H and O–H groups in total. The first kappa shape index (κ1) is 27.1. The van der Waals surface area contributed by atoms with Crippen LogP contribution in [0.15, 0.2) is 90.7 Å². The second-order valence-corrected chi connectivity index (χ2v) is 12.2. The highest BCUT2D eigenvalue weighted by molar-refractivity contribution is 7.88. The summed E-state index contributed by atoms with van der Waals surface area (Å²) in [7, 11) is 1.93. The summed E-state index contributed by atoms with van der Waals surface area (Å²) in [6.45, 7) is 16.1. The van der Waals surface area contributed by atoms with Crippen molar-refractivity contribution in [3.8, 4) is 0 Å². The molecule has 0 radical (unpaired) electrons. The van der Waals surface area contributed by atoms with Crippen LogP contribution in [-0.2, 0) is 6.42 Å². The first-order valence-corrected chi connectivity index (χ1v) is 14.4. The molecule has 5 rings (SSSR count). The van der Waals surface area contributed by atoms with Crippen LogP contribution in [0, 0.1) is 18.3 Å². The Morgan fingerprint density at radius 3 is 2.64 bits per heavy atom. The maximum atomic E-state index is 4.76. The third-order valence-corrected chi connectivity index (χ3v) is 8.48. The van der Waals surface area contributed by atoms with Crippen molar-refractivity contribution in [1.82, 2.24) is 9.72 Å². The van der Waals surface area contributed by atoms with Gasteiger partial charge in [-0.15, -0.1) is 0 Å². The number of hydrogen-bond acceptors (Lipinski definition) is 2. The van der Waals surface area contributed by atoms with Crippen molar-refractivity contribution in [2.45, 2.75) is 47.5 Å². The number of nitrogens with zero attached hydrogens (tertiary/aromatic N) is 1. The molecule has 0 spiro atoms. The van der Waals surface area contributed by atoms with Crippen LogP contribution in [0.1, 0.15) is 50.8 Å². The van der Waals surface area contributed by atoms with Crippen LogP contribution in [0.25, 0.3) is 38.3 Å². The predicted molar refractivity (Wildman–Crippen MR) is 175 cm³/mol. The van der Waals surface area contributed by atoms with Crippen LogP contribution in [0.5, 0.6) is 0 Å². The summed E-state index contributed by atoms with van der Waals surface area (Å²) in [6.07, 6.45) is 15.2. The fourth-order valence-electron chi connectivity index (χ4n) is 5.97. The number of benzene rings is 2. The van der Waals surface area contributed by atoms with E-state index in [1.165, 1.54) is 55.2 Å². The van der Waals surface area contributed by atoms with Gasteiger partial charge in [0.05, 0.1) is 16.6 Å². The Kier molecular flexibility index (Phi) is 7.39. The van der Waals surface area contributed by atoms with E-state index in [1.807, 2.05) is 18.7 Å². The Morgan fingerprint density at radius 2 is 1.92 bits per heavy atom. The molecule has 200 valence electrons. The normalized spacial score (nSPS) is 17.2. The van der Waals surface area contributed by atoms with Gasteiger partial charge in [-0.3, -0.25) is 0 Å². The quantitative estimate of drug-likeness (QED) is 0.187. The van der Waals surface area contributed by atoms with E-state index >= 15 is 0 Å². The van der Waals surface area contributed by atoms with Crippen molar-refractivity contribution in [1.29, 1.82) is 0 Å². The molecule has 1 atom stereocenters. The first-order valence-electron chi connectivity index (χ1n) is 13.9. The minimum Gasteiger partial charge on any atom is -0.394 e. The van der Waals surface area contributed by atoms with Crippen LogP contribution in [0.2, 0.25) is 0 Å². The number of hydrogen-bond donors (Lipinski definition) is 2. The molecule has 1 unspecified atom stereocenters. The third kappa shape index (κ3) is 4.89. The zero-order valence-electron chi connectivity index (χ0n) is 24.1. The number of aryl methyl sites for hydroxylation is 1. The van der Waals surface area contributed by atoms with Gasteiger partial charge in [-0.2, -0.15) is 12.6 Å². The molecule has 2 nitrogen and oxygen atoms in total. The molecule has 2 aromatic heterocycles. The van der Waals surface area contributed by atoms with Gasteiger partial charge < -0.3 is 9.72 Å². The summed E-state index contributed by atoms with van der Waals surface area (Å²) in [4.78, 5) is 0. The number of fused-ring (bicyclic) bond motifs is 5. The number of para-hydroxylation sites is 1. The SMILES string of the molecule is C=C(C1=CC=CC(C(C)(C)C)C1)c1c2cc(C/C=C\C(C)=C/NC)c(C)cc2n2c1/c(=C\S)c1ccccc12. The molecule has 0 aliphatic heterocycles. The van der Waals surface area contributed by atoms with Gasteiger partial charge in [-0.25, -0.2) is 0 Å². The highest BCUT2D eigenvalue weighted by Gasteiger charge is 2.28. The lowest BCUT2D eigenvalue weighted by molar-refractivity contribution is 0.291. The van der Waals surface area contributed by atoms with Crippen LogP contribution < -0.4 is 10.5 Å². The van der Waals surface area contributed by atoms with Gasteiger partial charge in [-0.05, 0) is 95.7 Å². The van der Waals surface area contributed by atoms with E-state index < -0.39 is 0 Å². The van der Waals surface area contributed by atoms with Gasteiger partial charge in [0.1, 0.15) is 0 Å². The monoisotopic (exact) mass is 532 g/mol. The summed E-state index contributed by atoms with van der Waals surface area (Å²) < 4.78 is 2.43. The largest absolute Gasteiger partial charge is 0.394 e. The highest BCUT2D eigenvalue weighted by Crippen LogP contribution is 2.42. The molecule has 2 aromatic carbocycles. The van der Waals surface area contributed by atoms with E-state index in [-0.39, 0.29) is 5.41 Å². The summed E-state index contributed by atoms with van der Waals surface area (Å²) >= 11 is 4.71. The van der Waals surface area contributed by atoms with Crippen molar-refractivity contribution in [3.05, 3.63) is 113 Å². The van der Waals surface area contributed by atoms with Crippen LogP contribution in [0.3, 0.4) is 0 Å². The van der Waals surface area contributed by atoms with Gasteiger partial charge in [0.2, 0.25) is 0 Å². The van der Waals surface area contributed by atoms with Crippen LogP contribution in [-0.4, -0.2) is 11.4 Å². The van der Waals surface area contributed by atoms with E-state index in [2.05, 4.69) is 111 Å². The fraction of sp³-hybridized carbons (Fsp3) is 0.278. The number of rotatable bonds is 6. The summed E-state index contributed by atoms with van der Waals surface area (Å²) in [5.74, 6) is 0.477. The second kappa shape index (κ2) is 10.6. The molecule has 1 aliphatic rings. The Bertz CT molecular complexity index is 1770. The Labute approximate surface area is 238 Å².